The maximum atomic E-state index is 10.2. The van der Waals surface area contributed by atoms with E-state index in [-0.39, 0.29) is 5.75 Å². The molecule has 0 bridgehead atoms. The molecule has 0 saturated heterocycles. The summed E-state index contributed by atoms with van der Waals surface area (Å²) in [6.07, 6.45) is 0.561. The minimum Gasteiger partial charge on any atom is -0.506 e. The second kappa shape index (κ2) is 6.81. The fourth-order valence-electron chi connectivity index (χ4n) is 1.93. The van der Waals surface area contributed by atoms with E-state index in [1.54, 1.807) is 7.11 Å². The van der Waals surface area contributed by atoms with Crippen LogP contribution < -0.4 is 4.74 Å². The molecular formula is C14H10Br4O2. The molecule has 0 atom stereocenters. The third kappa shape index (κ3) is 3.59. The van der Waals surface area contributed by atoms with Crippen LogP contribution in [0.2, 0.25) is 0 Å². The lowest BCUT2D eigenvalue weighted by molar-refractivity contribution is 0.407. The second-order valence-corrected chi connectivity index (χ2v) is 7.69. The molecule has 0 spiro atoms. The van der Waals surface area contributed by atoms with Gasteiger partial charge in [0.15, 0.2) is 0 Å². The quantitative estimate of drug-likeness (QED) is 0.525. The van der Waals surface area contributed by atoms with Crippen LogP contribution in [0.5, 0.6) is 11.5 Å². The van der Waals surface area contributed by atoms with Gasteiger partial charge in [-0.1, -0.05) is 31.9 Å². The zero-order chi connectivity index (χ0) is 14.9. The topological polar surface area (TPSA) is 29.5 Å². The Balaban J connectivity index is 2.50. The molecular weight excluding hydrogens is 520 g/mol. The Hall–Kier alpha value is -0.0400. The summed E-state index contributed by atoms with van der Waals surface area (Å²) in [5.41, 5.74) is 1.80. The molecule has 2 nitrogen and oxygen atoms in total. The molecule has 0 heterocycles. The van der Waals surface area contributed by atoms with E-state index in [1.807, 2.05) is 24.3 Å². The van der Waals surface area contributed by atoms with Crippen molar-refractivity contribution in [1.29, 1.82) is 0 Å². The Morgan fingerprint density at radius 2 is 1.45 bits per heavy atom. The number of hydrogen-bond acceptors (Lipinski definition) is 2. The largest absolute Gasteiger partial charge is 0.506 e. The molecule has 0 aliphatic carbocycles. The van der Waals surface area contributed by atoms with E-state index >= 15 is 0 Å². The number of phenolic OH excluding ortho intramolecular Hbond substituents is 1. The molecule has 106 valence electrons. The summed E-state index contributed by atoms with van der Waals surface area (Å²) in [4.78, 5) is 0. The number of hydrogen-bond donors (Lipinski definition) is 1. The van der Waals surface area contributed by atoms with Crippen molar-refractivity contribution >= 4 is 63.7 Å². The Labute approximate surface area is 151 Å². The zero-order valence-corrected chi connectivity index (χ0v) is 16.7. The third-order valence-electron chi connectivity index (χ3n) is 2.78. The van der Waals surface area contributed by atoms with Crippen molar-refractivity contribution in [3.8, 4) is 11.5 Å². The van der Waals surface area contributed by atoms with E-state index in [4.69, 9.17) is 4.74 Å². The summed E-state index contributed by atoms with van der Waals surface area (Å²) in [6, 6.07) is 7.62. The summed E-state index contributed by atoms with van der Waals surface area (Å²) >= 11 is 13.7. The standard InChI is InChI=1S/C14H10Br4O2/c1-20-14-8(4-10(16)6-12(14)18)2-7-3-9(15)5-11(17)13(7)19/h3-6,19H,2H2,1H3. The van der Waals surface area contributed by atoms with Gasteiger partial charge in [-0.2, -0.15) is 0 Å². The average molecular weight is 530 g/mol. The predicted octanol–water partition coefficient (Wildman–Crippen LogP) is 6.04. The van der Waals surface area contributed by atoms with Gasteiger partial charge in [-0.25, -0.2) is 0 Å². The van der Waals surface area contributed by atoms with Crippen LogP contribution in [0.4, 0.5) is 0 Å². The number of ether oxygens (including phenoxy) is 1. The van der Waals surface area contributed by atoms with Gasteiger partial charge in [-0.15, -0.1) is 0 Å². The monoisotopic (exact) mass is 526 g/mol. The van der Waals surface area contributed by atoms with Gasteiger partial charge in [0.05, 0.1) is 16.1 Å². The Morgan fingerprint density at radius 1 is 0.900 bits per heavy atom. The predicted molar refractivity (Wildman–Crippen MR) is 94.7 cm³/mol. The van der Waals surface area contributed by atoms with E-state index < -0.39 is 0 Å². The maximum Gasteiger partial charge on any atom is 0.136 e. The minimum atomic E-state index is 0.242. The lowest BCUT2D eigenvalue weighted by Crippen LogP contribution is -1.96. The summed E-state index contributed by atoms with van der Waals surface area (Å²) < 4.78 is 8.83. The van der Waals surface area contributed by atoms with Gasteiger partial charge in [-0.3, -0.25) is 0 Å². The molecule has 0 aromatic heterocycles. The first-order chi connectivity index (χ1) is 9.42. The van der Waals surface area contributed by atoms with E-state index in [0.717, 1.165) is 30.3 Å². The molecule has 0 saturated carbocycles. The summed E-state index contributed by atoms with van der Waals surface area (Å²) in [7, 11) is 1.63. The molecule has 0 aliphatic rings. The van der Waals surface area contributed by atoms with Crippen molar-refractivity contribution in [3.63, 3.8) is 0 Å². The molecule has 0 unspecified atom stereocenters. The molecule has 6 heteroatoms. The number of aromatic hydroxyl groups is 1. The Kier molecular flexibility index (Phi) is 5.56. The highest BCUT2D eigenvalue weighted by Crippen LogP contribution is 2.38. The van der Waals surface area contributed by atoms with Crippen LogP contribution in [0.25, 0.3) is 0 Å². The van der Waals surface area contributed by atoms with Crippen LogP contribution in [-0.4, -0.2) is 12.2 Å². The number of halogens is 4. The smallest absolute Gasteiger partial charge is 0.136 e. The van der Waals surface area contributed by atoms with Crippen LogP contribution in [0, 0.1) is 0 Å². The molecule has 1 N–H and O–H groups in total. The Morgan fingerprint density at radius 3 is 2.05 bits per heavy atom. The van der Waals surface area contributed by atoms with Crippen LogP contribution in [-0.2, 0) is 6.42 Å². The fraction of sp³-hybridized carbons (Fsp3) is 0.143. The lowest BCUT2D eigenvalue weighted by atomic mass is 10.0. The average Bonchev–Trinajstić information content (AvgIpc) is 2.35. The number of rotatable bonds is 3. The van der Waals surface area contributed by atoms with Crippen molar-refractivity contribution in [2.24, 2.45) is 0 Å². The normalized spacial score (nSPS) is 10.7. The molecule has 2 aromatic carbocycles. The van der Waals surface area contributed by atoms with Gasteiger partial charge in [0.1, 0.15) is 11.5 Å². The molecule has 0 radical (unpaired) electrons. The maximum absolute atomic E-state index is 10.2. The van der Waals surface area contributed by atoms with Crippen molar-refractivity contribution in [3.05, 3.63) is 53.3 Å². The molecule has 2 rings (SSSR count). The van der Waals surface area contributed by atoms with Gasteiger partial charge in [-0.05, 0) is 56.1 Å². The van der Waals surface area contributed by atoms with Gasteiger partial charge in [0, 0.05) is 26.5 Å². The van der Waals surface area contributed by atoms with Crippen LogP contribution in [0.3, 0.4) is 0 Å². The Bertz CT molecular complexity index is 656. The number of phenols is 1. The van der Waals surface area contributed by atoms with Gasteiger partial charge in [0.2, 0.25) is 0 Å². The van der Waals surface area contributed by atoms with Gasteiger partial charge < -0.3 is 9.84 Å². The summed E-state index contributed by atoms with van der Waals surface area (Å²) in [5.74, 6) is 1.01. The molecule has 0 fully saturated rings. The number of methoxy groups -OCH3 is 1. The first-order valence-corrected chi connectivity index (χ1v) is 8.78. The highest BCUT2D eigenvalue weighted by molar-refractivity contribution is 9.11. The van der Waals surface area contributed by atoms with E-state index in [1.165, 1.54) is 0 Å². The van der Waals surface area contributed by atoms with Crippen molar-refractivity contribution in [2.75, 3.05) is 7.11 Å². The fourth-order valence-corrected chi connectivity index (χ4v) is 4.72. The first kappa shape index (κ1) is 16.3. The van der Waals surface area contributed by atoms with Crippen molar-refractivity contribution in [1.82, 2.24) is 0 Å². The molecule has 2 aromatic rings. The van der Waals surface area contributed by atoms with Crippen molar-refractivity contribution < 1.29 is 9.84 Å². The van der Waals surface area contributed by atoms with Gasteiger partial charge >= 0.3 is 0 Å². The van der Waals surface area contributed by atoms with E-state index in [2.05, 4.69) is 63.7 Å². The van der Waals surface area contributed by atoms with Gasteiger partial charge in [0.25, 0.3) is 0 Å². The van der Waals surface area contributed by atoms with E-state index in [9.17, 15) is 5.11 Å². The van der Waals surface area contributed by atoms with Crippen LogP contribution >= 0.6 is 63.7 Å². The van der Waals surface area contributed by atoms with Crippen LogP contribution in [0.15, 0.2) is 42.2 Å². The summed E-state index contributed by atoms with van der Waals surface area (Å²) in [6.45, 7) is 0. The summed E-state index contributed by atoms with van der Waals surface area (Å²) in [5, 5.41) is 10.2. The molecule has 0 amide bonds. The molecule has 20 heavy (non-hydrogen) atoms. The van der Waals surface area contributed by atoms with E-state index in [0.29, 0.717) is 10.9 Å². The SMILES string of the molecule is COc1c(Br)cc(Br)cc1Cc1cc(Br)cc(Br)c1O. The highest BCUT2D eigenvalue weighted by Gasteiger charge is 2.14. The third-order valence-corrected chi connectivity index (χ3v) is 4.89. The van der Waals surface area contributed by atoms with Crippen molar-refractivity contribution in [2.45, 2.75) is 6.42 Å². The lowest BCUT2D eigenvalue weighted by Gasteiger charge is -2.13. The highest BCUT2D eigenvalue weighted by atomic mass is 79.9. The first-order valence-electron chi connectivity index (χ1n) is 5.61. The number of benzene rings is 2. The minimum absolute atomic E-state index is 0.242. The molecule has 0 aliphatic heterocycles. The second-order valence-electron chi connectivity index (χ2n) is 4.15. The van der Waals surface area contributed by atoms with Crippen LogP contribution in [0.1, 0.15) is 11.1 Å². The zero-order valence-electron chi connectivity index (χ0n) is 10.4.